The second-order valence-electron chi connectivity index (χ2n) is 18.9. The Hall–Kier alpha value is -4.56. The maximum absolute atomic E-state index is 14.8. The third-order valence-electron chi connectivity index (χ3n) is 14.7. The van der Waals surface area contributed by atoms with E-state index in [2.05, 4.69) is 15.4 Å². The Labute approximate surface area is 369 Å². The van der Waals surface area contributed by atoms with Gasteiger partial charge in [-0.1, -0.05) is 12.1 Å². The summed E-state index contributed by atoms with van der Waals surface area (Å²) >= 11 is 1.57. The molecule has 346 valence electrons. The van der Waals surface area contributed by atoms with E-state index in [9.17, 15) is 45.5 Å². The van der Waals surface area contributed by atoms with Crippen LogP contribution in [0, 0.1) is 22.2 Å². The molecule has 10 rings (SSSR count). The van der Waals surface area contributed by atoms with E-state index in [0.717, 1.165) is 47.7 Å². The molecule has 1 aromatic carbocycles. The monoisotopic (exact) mass is 919 g/mol. The first kappa shape index (κ1) is 44.6. The number of hydrogen-bond donors (Lipinski definition) is 1. The average molecular weight is 920 g/mol. The zero-order chi connectivity index (χ0) is 45.2. The van der Waals surface area contributed by atoms with Gasteiger partial charge in [-0.15, -0.1) is 11.3 Å². The quantitative estimate of drug-likeness (QED) is 0.222. The Balaban J connectivity index is 0.937. The molecule has 13 nitrogen and oxygen atoms in total. The van der Waals surface area contributed by atoms with Gasteiger partial charge in [0.25, 0.3) is 5.91 Å². The van der Waals surface area contributed by atoms with Gasteiger partial charge in [0.1, 0.15) is 11.5 Å². The van der Waals surface area contributed by atoms with Crippen LogP contribution in [0.15, 0.2) is 48.2 Å². The Morgan fingerprint density at radius 1 is 0.938 bits per heavy atom. The second kappa shape index (κ2) is 16.7. The molecule has 7 heterocycles. The third kappa shape index (κ3) is 8.53. The van der Waals surface area contributed by atoms with Gasteiger partial charge in [0.2, 0.25) is 17.7 Å². The van der Waals surface area contributed by atoms with Crippen molar-refractivity contribution in [2.24, 2.45) is 22.2 Å². The van der Waals surface area contributed by atoms with Crippen molar-refractivity contribution >= 4 is 35.0 Å². The molecule has 64 heavy (non-hydrogen) atoms. The van der Waals surface area contributed by atoms with Gasteiger partial charge in [-0.25, -0.2) is 4.98 Å². The number of halogens is 6. The predicted molar refractivity (Wildman–Crippen MR) is 218 cm³/mol. The molecule has 5 aliphatic heterocycles. The zero-order valence-electron chi connectivity index (χ0n) is 35.3. The molecule has 7 aliphatic rings. The molecule has 1 spiro atoms. The Bertz CT molecular complexity index is 2190. The minimum atomic E-state index is -4.73. The number of piperidine rings is 1. The molecule has 3 atom stereocenters. The summed E-state index contributed by atoms with van der Waals surface area (Å²) in [5, 5.41) is 10.2. The molecule has 2 saturated carbocycles. The van der Waals surface area contributed by atoms with Crippen LogP contribution in [0.4, 0.5) is 26.3 Å². The molecule has 7 fully saturated rings. The number of nitrogens with one attached hydrogen (secondary N) is 1. The molecule has 0 radical (unpaired) electrons. The Morgan fingerprint density at radius 2 is 1.62 bits per heavy atom. The van der Waals surface area contributed by atoms with Gasteiger partial charge >= 0.3 is 12.4 Å². The molecule has 1 N–H and O–H groups in total. The van der Waals surface area contributed by atoms with E-state index in [0.29, 0.717) is 44.7 Å². The summed E-state index contributed by atoms with van der Waals surface area (Å²) in [6.45, 7) is 2.94. The van der Waals surface area contributed by atoms with Crippen molar-refractivity contribution in [3.63, 3.8) is 0 Å². The van der Waals surface area contributed by atoms with Crippen molar-refractivity contribution in [1.29, 1.82) is 0 Å². The number of carbonyl (C=O) groups excluding carboxylic acids is 4. The van der Waals surface area contributed by atoms with E-state index in [-0.39, 0.29) is 74.5 Å². The van der Waals surface area contributed by atoms with Crippen LogP contribution in [-0.2, 0) is 36.6 Å². The van der Waals surface area contributed by atoms with E-state index in [1.54, 1.807) is 29.4 Å². The van der Waals surface area contributed by atoms with E-state index in [4.69, 9.17) is 9.47 Å². The number of likely N-dealkylation sites (tertiary alicyclic amines) is 3. The molecular weight excluding hydrogens is 869 g/mol. The molecular formula is C44H51F6N7O6S. The standard InChI is InChI=1S/C44H51F6N7O6S/c1-27(62-25-40-10-6-32(7-11-40)63-26-40)34(38(60)54-15-8-29(9-16-54)36-51-14-17-64-36)53-35(58)33-21-55(22-41(33)23-56(24-41)39(61)42(12-13-42)44(48,49)50)37(59)30-18-52-57(20-30)19-28-2-4-31(5-3-28)43(45,46)47/h2-5,14,17-18,20,27,29,32-34H,6-13,15-16,19,21-26H2,1H3,(H,53,58)/t27-,32?,33+,34?,40?/m1/s1. The lowest BCUT2D eigenvalue weighted by molar-refractivity contribution is -0.205. The summed E-state index contributed by atoms with van der Waals surface area (Å²) in [5.41, 5.74) is -3.95. The van der Waals surface area contributed by atoms with Crippen molar-refractivity contribution in [2.45, 2.75) is 101 Å². The van der Waals surface area contributed by atoms with Crippen LogP contribution in [0.2, 0.25) is 0 Å². The second-order valence-corrected chi connectivity index (χ2v) is 19.9. The molecule has 5 saturated heterocycles. The first-order chi connectivity index (χ1) is 30.4. The van der Waals surface area contributed by atoms with Gasteiger partial charge < -0.3 is 29.5 Å². The number of benzene rings is 1. The maximum Gasteiger partial charge on any atom is 0.416 e. The van der Waals surface area contributed by atoms with Crippen molar-refractivity contribution in [2.75, 3.05) is 52.5 Å². The van der Waals surface area contributed by atoms with E-state index < -0.39 is 64.5 Å². The van der Waals surface area contributed by atoms with Crippen molar-refractivity contribution in [3.05, 3.63) is 69.9 Å². The summed E-state index contributed by atoms with van der Waals surface area (Å²) in [6.07, 6.45) is -0.848. The topological polar surface area (TPSA) is 139 Å². The number of ether oxygens (including phenoxy) is 2. The predicted octanol–water partition coefficient (Wildman–Crippen LogP) is 5.91. The summed E-state index contributed by atoms with van der Waals surface area (Å²) < 4.78 is 95.5. The first-order valence-corrected chi connectivity index (χ1v) is 22.8. The highest BCUT2D eigenvalue weighted by Crippen LogP contribution is 2.60. The Kier molecular flexibility index (Phi) is 11.6. The maximum atomic E-state index is 14.8. The highest BCUT2D eigenvalue weighted by Gasteiger charge is 2.72. The third-order valence-corrected chi connectivity index (χ3v) is 15.6. The van der Waals surface area contributed by atoms with Gasteiger partial charge in [-0.05, 0) is 76.0 Å². The molecule has 1 unspecified atom stereocenters. The van der Waals surface area contributed by atoms with Gasteiger partial charge in [0.15, 0.2) is 0 Å². The van der Waals surface area contributed by atoms with E-state index in [1.807, 2.05) is 5.38 Å². The number of nitrogens with zero attached hydrogens (tertiary/aromatic N) is 6. The molecule has 20 heteroatoms. The van der Waals surface area contributed by atoms with Crippen LogP contribution < -0.4 is 5.32 Å². The van der Waals surface area contributed by atoms with Gasteiger partial charge in [-0.2, -0.15) is 31.4 Å². The van der Waals surface area contributed by atoms with Crippen LogP contribution in [0.1, 0.15) is 90.7 Å². The summed E-state index contributed by atoms with van der Waals surface area (Å²) in [5.74, 6) is -3.29. The molecule has 4 amide bonds. The SMILES string of the molecule is C[C@@H](OCC12CCC(CC1)OC2)C(NC(=O)[C@@H]1CN(C(=O)c2cnn(Cc3ccc(C(F)(F)F)cc3)c2)CC12CN(C(=O)C1(C(F)(F)F)CC1)C2)C(=O)N1CCC(c2nccs2)CC1. The van der Waals surface area contributed by atoms with Crippen LogP contribution in [-0.4, -0.2) is 130 Å². The lowest BCUT2D eigenvalue weighted by Gasteiger charge is -2.51. The number of alkyl halides is 6. The Morgan fingerprint density at radius 3 is 2.22 bits per heavy atom. The minimum absolute atomic E-state index is 0.0603. The van der Waals surface area contributed by atoms with Gasteiger partial charge in [0, 0.05) is 73.8 Å². The number of carbonyl (C=O) groups is 4. The zero-order valence-corrected chi connectivity index (χ0v) is 36.2. The number of thiazole rings is 1. The summed E-state index contributed by atoms with van der Waals surface area (Å²) in [4.78, 5) is 65.6. The average Bonchev–Trinajstić information content (AvgIpc) is 3.55. The van der Waals surface area contributed by atoms with E-state index in [1.165, 1.54) is 34.1 Å². The van der Waals surface area contributed by atoms with Crippen LogP contribution >= 0.6 is 11.3 Å². The highest BCUT2D eigenvalue weighted by atomic mass is 32.1. The fraction of sp³-hybridized carbons (Fsp3) is 0.636. The summed E-state index contributed by atoms with van der Waals surface area (Å²) in [6, 6.07) is 3.41. The molecule has 2 bridgehead atoms. The van der Waals surface area contributed by atoms with Crippen LogP contribution in [0.5, 0.6) is 0 Å². The van der Waals surface area contributed by atoms with Crippen LogP contribution in [0.25, 0.3) is 0 Å². The minimum Gasteiger partial charge on any atom is -0.378 e. The fourth-order valence-corrected chi connectivity index (χ4v) is 11.3. The molecule has 3 aromatic rings. The summed E-state index contributed by atoms with van der Waals surface area (Å²) in [7, 11) is 0. The first-order valence-electron chi connectivity index (χ1n) is 21.9. The van der Waals surface area contributed by atoms with E-state index >= 15 is 0 Å². The number of rotatable bonds is 12. The van der Waals surface area contributed by atoms with Gasteiger partial charge in [0.05, 0.1) is 60.2 Å². The fourth-order valence-electron chi connectivity index (χ4n) is 10.5. The highest BCUT2D eigenvalue weighted by molar-refractivity contribution is 7.09. The normalized spacial score (nSPS) is 26.1. The lowest BCUT2D eigenvalue weighted by Crippen LogP contribution is -2.67. The molecule has 2 aromatic heterocycles. The van der Waals surface area contributed by atoms with Crippen LogP contribution in [0.3, 0.4) is 0 Å². The largest absolute Gasteiger partial charge is 0.416 e. The lowest BCUT2D eigenvalue weighted by atomic mass is 9.70. The van der Waals surface area contributed by atoms with Gasteiger partial charge in [-0.3, -0.25) is 23.9 Å². The van der Waals surface area contributed by atoms with Crippen molar-refractivity contribution in [1.82, 2.24) is 34.8 Å². The number of fused-ring (bicyclic) bond motifs is 3. The number of amides is 4. The smallest absolute Gasteiger partial charge is 0.378 e. The van der Waals surface area contributed by atoms with Crippen molar-refractivity contribution < 1.29 is 55.0 Å². The van der Waals surface area contributed by atoms with Crippen molar-refractivity contribution in [3.8, 4) is 0 Å². The molecule has 2 aliphatic carbocycles. The number of aromatic nitrogens is 3. The number of hydrogen-bond acceptors (Lipinski definition) is 9.